The Morgan fingerprint density at radius 1 is 1.41 bits per heavy atom. The van der Waals surface area contributed by atoms with Crippen LogP contribution in [0.4, 0.5) is 4.39 Å². The van der Waals surface area contributed by atoms with E-state index in [0.717, 1.165) is 4.88 Å². The van der Waals surface area contributed by atoms with Gasteiger partial charge in [-0.15, -0.1) is 11.3 Å². The monoisotopic (exact) mass is 406 g/mol. The van der Waals surface area contributed by atoms with E-state index in [9.17, 15) is 9.18 Å². The Balaban J connectivity index is 1.64. The van der Waals surface area contributed by atoms with Gasteiger partial charge in [0.25, 0.3) is 0 Å². The number of hydrogen-bond acceptors (Lipinski definition) is 5. The normalized spacial score (nSPS) is 12.0. The molecule has 2 aromatic heterocycles. The summed E-state index contributed by atoms with van der Waals surface area (Å²) in [6.07, 6.45) is 0. The standard InChI is InChI=1S/C18H19FN4O2S2/c1-12(23-16(20-21-18(23)26)15-4-3-11-27-15)17(24)22(2)9-10-25-14-7-5-13(19)6-8-14/h3-8,11-12H,9-10H2,1-2H3,(H,21,26). The van der Waals surface area contributed by atoms with Crippen molar-refractivity contribution in [3.05, 3.63) is 52.4 Å². The number of hydrogen-bond donors (Lipinski definition) is 1. The van der Waals surface area contributed by atoms with Crippen LogP contribution in [0.15, 0.2) is 41.8 Å². The molecule has 3 aromatic rings. The van der Waals surface area contributed by atoms with Crippen LogP contribution in [0.5, 0.6) is 5.75 Å². The predicted octanol–water partition coefficient (Wildman–Crippen LogP) is 3.91. The fraction of sp³-hybridized carbons (Fsp3) is 0.278. The van der Waals surface area contributed by atoms with Crippen LogP contribution in [0, 0.1) is 10.6 Å². The van der Waals surface area contributed by atoms with Crippen molar-refractivity contribution in [2.75, 3.05) is 20.2 Å². The van der Waals surface area contributed by atoms with E-state index in [4.69, 9.17) is 17.0 Å². The summed E-state index contributed by atoms with van der Waals surface area (Å²) in [4.78, 5) is 15.3. The van der Waals surface area contributed by atoms with Crippen LogP contribution >= 0.6 is 23.6 Å². The first-order chi connectivity index (χ1) is 13.0. The molecule has 0 spiro atoms. The van der Waals surface area contributed by atoms with Gasteiger partial charge in [-0.2, -0.15) is 5.10 Å². The lowest BCUT2D eigenvalue weighted by atomic mass is 10.2. The molecule has 27 heavy (non-hydrogen) atoms. The van der Waals surface area contributed by atoms with Gasteiger partial charge in [-0.1, -0.05) is 6.07 Å². The highest BCUT2D eigenvalue weighted by atomic mass is 32.1. The number of carbonyl (C=O) groups is 1. The van der Waals surface area contributed by atoms with Crippen molar-refractivity contribution in [3.63, 3.8) is 0 Å². The number of nitrogens with zero attached hydrogens (tertiary/aromatic N) is 3. The number of amides is 1. The summed E-state index contributed by atoms with van der Waals surface area (Å²) in [5.74, 6) is 0.782. The minimum atomic E-state index is -0.510. The van der Waals surface area contributed by atoms with E-state index in [1.165, 1.54) is 23.5 Å². The Labute approximate surface area is 165 Å². The van der Waals surface area contributed by atoms with Crippen LogP contribution in [0.1, 0.15) is 13.0 Å². The number of H-pyrrole nitrogens is 1. The Morgan fingerprint density at radius 3 is 2.81 bits per heavy atom. The SMILES string of the molecule is CC(C(=O)N(C)CCOc1ccc(F)cc1)n1c(-c2cccs2)n[nH]c1=S. The van der Waals surface area contributed by atoms with Gasteiger partial charge < -0.3 is 9.64 Å². The third-order valence-corrected chi connectivity index (χ3v) is 5.23. The second-order valence-corrected chi connectivity index (χ2v) is 7.27. The zero-order valence-electron chi connectivity index (χ0n) is 14.9. The number of nitrogens with one attached hydrogen (secondary N) is 1. The van der Waals surface area contributed by atoms with Crippen LogP contribution in [-0.4, -0.2) is 45.8 Å². The van der Waals surface area contributed by atoms with Crippen molar-refractivity contribution < 1.29 is 13.9 Å². The lowest BCUT2D eigenvalue weighted by Crippen LogP contribution is -2.36. The van der Waals surface area contributed by atoms with Crippen molar-refractivity contribution in [2.24, 2.45) is 0 Å². The third-order valence-electron chi connectivity index (χ3n) is 4.08. The number of carbonyl (C=O) groups excluding carboxylic acids is 1. The molecule has 0 fully saturated rings. The lowest BCUT2D eigenvalue weighted by molar-refractivity contribution is -0.133. The fourth-order valence-corrected chi connectivity index (χ4v) is 3.61. The number of benzene rings is 1. The van der Waals surface area contributed by atoms with Crippen LogP contribution < -0.4 is 4.74 Å². The third kappa shape index (κ3) is 4.42. The number of halogens is 1. The molecule has 0 aliphatic carbocycles. The first-order valence-corrected chi connectivity index (χ1v) is 9.60. The minimum Gasteiger partial charge on any atom is -0.492 e. The topological polar surface area (TPSA) is 63.1 Å². The number of ether oxygens (including phenoxy) is 1. The van der Waals surface area contributed by atoms with Crippen molar-refractivity contribution in [2.45, 2.75) is 13.0 Å². The lowest BCUT2D eigenvalue weighted by Gasteiger charge is -2.23. The second kappa shape index (κ2) is 8.45. The highest BCUT2D eigenvalue weighted by Gasteiger charge is 2.24. The molecule has 1 amide bonds. The van der Waals surface area contributed by atoms with Gasteiger partial charge in [0.2, 0.25) is 5.91 Å². The number of aromatic nitrogens is 3. The Morgan fingerprint density at radius 2 is 2.15 bits per heavy atom. The van der Waals surface area contributed by atoms with Gasteiger partial charge in [-0.3, -0.25) is 14.5 Å². The molecule has 9 heteroatoms. The van der Waals surface area contributed by atoms with Gasteiger partial charge in [-0.05, 0) is 54.9 Å². The quantitative estimate of drug-likeness (QED) is 0.605. The summed E-state index contributed by atoms with van der Waals surface area (Å²) < 4.78 is 20.6. The minimum absolute atomic E-state index is 0.104. The molecular weight excluding hydrogens is 387 g/mol. The second-order valence-electron chi connectivity index (χ2n) is 5.94. The van der Waals surface area contributed by atoms with E-state index >= 15 is 0 Å². The van der Waals surface area contributed by atoms with E-state index in [0.29, 0.717) is 29.5 Å². The zero-order valence-corrected chi connectivity index (χ0v) is 16.5. The molecule has 0 saturated carbocycles. The summed E-state index contributed by atoms with van der Waals surface area (Å²) in [5.41, 5.74) is 0. The maximum absolute atomic E-state index is 12.9. The summed E-state index contributed by atoms with van der Waals surface area (Å²) in [5, 5.41) is 8.97. The Bertz CT molecular complexity index is 951. The predicted molar refractivity (Wildman–Crippen MR) is 105 cm³/mol. The Hall–Kier alpha value is -2.52. The van der Waals surface area contributed by atoms with Crippen LogP contribution in [0.3, 0.4) is 0 Å². The molecule has 2 heterocycles. The molecule has 0 aliphatic rings. The number of thiophene rings is 1. The first-order valence-electron chi connectivity index (χ1n) is 8.31. The first kappa shape index (κ1) is 19.2. The average Bonchev–Trinajstić information content (AvgIpc) is 3.31. The molecule has 1 N–H and O–H groups in total. The molecule has 0 saturated heterocycles. The highest BCUT2D eigenvalue weighted by molar-refractivity contribution is 7.71. The molecule has 0 aliphatic heterocycles. The van der Waals surface area contributed by atoms with Crippen molar-refractivity contribution in [3.8, 4) is 16.5 Å². The van der Waals surface area contributed by atoms with Gasteiger partial charge in [-0.25, -0.2) is 4.39 Å². The van der Waals surface area contributed by atoms with Crippen LogP contribution in [0.2, 0.25) is 0 Å². The fourth-order valence-electron chi connectivity index (χ4n) is 2.61. The highest BCUT2D eigenvalue weighted by Crippen LogP contribution is 2.26. The van der Waals surface area contributed by atoms with E-state index < -0.39 is 6.04 Å². The summed E-state index contributed by atoms with van der Waals surface area (Å²) >= 11 is 6.85. The molecule has 3 rings (SSSR count). The number of aromatic amines is 1. The van der Waals surface area contributed by atoms with Gasteiger partial charge in [0.05, 0.1) is 11.4 Å². The molecule has 6 nitrogen and oxygen atoms in total. The molecule has 1 atom stereocenters. The summed E-state index contributed by atoms with van der Waals surface area (Å²) in [6.45, 7) is 2.48. The summed E-state index contributed by atoms with van der Waals surface area (Å²) in [6, 6.07) is 9.12. The summed E-state index contributed by atoms with van der Waals surface area (Å²) in [7, 11) is 1.71. The van der Waals surface area contributed by atoms with Gasteiger partial charge in [0.15, 0.2) is 10.6 Å². The van der Waals surface area contributed by atoms with Crippen molar-refractivity contribution in [1.82, 2.24) is 19.7 Å². The van der Waals surface area contributed by atoms with Gasteiger partial charge in [0.1, 0.15) is 24.2 Å². The largest absolute Gasteiger partial charge is 0.492 e. The smallest absolute Gasteiger partial charge is 0.245 e. The van der Waals surface area contributed by atoms with E-state index in [1.54, 1.807) is 35.6 Å². The van der Waals surface area contributed by atoms with E-state index in [1.807, 2.05) is 17.5 Å². The molecule has 1 aromatic carbocycles. The van der Waals surface area contributed by atoms with E-state index in [-0.39, 0.29) is 11.7 Å². The van der Waals surface area contributed by atoms with Crippen molar-refractivity contribution >= 4 is 29.5 Å². The maximum atomic E-state index is 12.9. The van der Waals surface area contributed by atoms with Gasteiger partial charge in [0, 0.05) is 7.05 Å². The molecule has 0 bridgehead atoms. The number of likely N-dealkylation sites (N-methyl/N-ethyl adjacent to an activating group) is 1. The Kier molecular flexibility index (Phi) is 6.02. The zero-order chi connectivity index (χ0) is 19.4. The molecule has 142 valence electrons. The average molecular weight is 407 g/mol. The maximum Gasteiger partial charge on any atom is 0.245 e. The number of rotatable bonds is 7. The van der Waals surface area contributed by atoms with Crippen molar-refractivity contribution in [1.29, 1.82) is 0 Å². The van der Waals surface area contributed by atoms with Gasteiger partial charge >= 0.3 is 0 Å². The molecule has 0 radical (unpaired) electrons. The van der Waals surface area contributed by atoms with Crippen LogP contribution in [-0.2, 0) is 4.79 Å². The molecular formula is C18H19FN4O2S2. The van der Waals surface area contributed by atoms with Crippen LogP contribution in [0.25, 0.3) is 10.7 Å². The molecule has 1 unspecified atom stereocenters. The van der Waals surface area contributed by atoms with E-state index in [2.05, 4.69) is 10.2 Å².